The number of aliphatic imine (C=N–C) groups is 1. The molecule has 0 atom stereocenters. The zero-order chi connectivity index (χ0) is 17.3. The minimum atomic E-state index is -5.17. The molecule has 1 heterocycles. The van der Waals surface area contributed by atoms with E-state index in [4.69, 9.17) is 40.7 Å². The zero-order valence-electron chi connectivity index (χ0n) is 11.3. The third-order valence-electron chi connectivity index (χ3n) is 1.68. The molecule has 14 nitrogen and oxygen atoms in total. The number of nitrogens with two attached hydrogens (primary N) is 4. The van der Waals surface area contributed by atoms with Crippen LogP contribution >= 0.6 is 0 Å². The minimum absolute atomic E-state index is 0.0618. The molecule has 0 aromatic carbocycles. The SMILES string of the molecule is Cc1cc(N=C(N)NN)[nH+]c(/[NH+]=C(\N)NN)n1.O=S(=O)([O-])[O-]. The van der Waals surface area contributed by atoms with Gasteiger partial charge in [-0.2, -0.15) is 9.98 Å². The predicted molar refractivity (Wildman–Crippen MR) is 71.8 cm³/mol. The quantitative estimate of drug-likeness (QED) is 0.0666. The number of aryl methyl sites for hydroxylation is 1. The van der Waals surface area contributed by atoms with Crippen molar-refractivity contribution < 1.29 is 27.5 Å². The summed E-state index contributed by atoms with van der Waals surface area (Å²) in [4.78, 5) is 13.6. The lowest BCUT2D eigenvalue weighted by Gasteiger charge is -2.06. The normalized spacial score (nSPS) is 12.2. The lowest BCUT2D eigenvalue weighted by molar-refractivity contribution is -0.517. The summed E-state index contributed by atoms with van der Waals surface area (Å²) >= 11 is 0. The van der Waals surface area contributed by atoms with Crippen LogP contribution in [0, 0.1) is 6.92 Å². The number of hydrazine groups is 2. The van der Waals surface area contributed by atoms with Gasteiger partial charge in [0.1, 0.15) is 0 Å². The van der Waals surface area contributed by atoms with Crippen LogP contribution in [0.3, 0.4) is 0 Å². The predicted octanol–water partition coefficient (Wildman–Crippen LogP) is -6.23. The molecule has 124 valence electrons. The Balaban J connectivity index is 0.000000763. The Hall–Kier alpha value is -2.59. The smallest absolute Gasteiger partial charge is 0.493 e. The van der Waals surface area contributed by atoms with Crippen molar-refractivity contribution in [1.29, 1.82) is 0 Å². The van der Waals surface area contributed by atoms with Gasteiger partial charge in [-0.3, -0.25) is 19.3 Å². The molecule has 0 aliphatic carbocycles. The van der Waals surface area contributed by atoms with Gasteiger partial charge in [-0.05, 0) is 9.98 Å². The van der Waals surface area contributed by atoms with Gasteiger partial charge in [0.25, 0.3) is 5.96 Å². The molecule has 0 fully saturated rings. The number of hydrogen-bond donors (Lipinski definition) is 7. The highest BCUT2D eigenvalue weighted by Crippen LogP contribution is 2.04. The van der Waals surface area contributed by atoms with Gasteiger partial charge in [-0.15, -0.1) is 0 Å². The summed E-state index contributed by atoms with van der Waals surface area (Å²) in [7, 11) is -5.17. The van der Waals surface area contributed by atoms with Gasteiger partial charge < -0.3 is 20.6 Å². The van der Waals surface area contributed by atoms with Crippen LogP contribution in [-0.4, -0.2) is 34.4 Å². The lowest BCUT2D eigenvalue weighted by Crippen LogP contribution is -2.76. The van der Waals surface area contributed by atoms with Crippen LogP contribution in [0.4, 0.5) is 11.8 Å². The van der Waals surface area contributed by atoms with E-state index in [-0.39, 0.29) is 11.9 Å². The average molecular weight is 336 g/mol. The van der Waals surface area contributed by atoms with E-state index in [0.717, 1.165) is 0 Å². The number of aromatic nitrogens is 2. The van der Waals surface area contributed by atoms with Crippen molar-refractivity contribution in [2.45, 2.75) is 6.92 Å². The van der Waals surface area contributed by atoms with Gasteiger partial charge in [0.2, 0.25) is 0 Å². The van der Waals surface area contributed by atoms with E-state index in [1.54, 1.807) is 13.0 Å². The van der Waals surface area contributed by atoms with Crippen molar-refractivity contribution in [2.24, 2.45) is 28.1 Å². The highest BCUT2D eigenvalue weighted by molar-refractivity contribution is 7.79. The Morgan fingerprint density at radius 2 is 1.91 bits per heavy atom. The van der Waals surface area contributed by atoms with Gasteiger partial charge in [0.15, 0.2) is 5.69 Å². The van der Waals surface area contributed by atoms with Crippen LogP contribution < -0.4 is 44.0 Å². The summed E-state index contributed by atoms with van der Waals surface area (Å²) in [6.07, 6.45) is 0. The summed E-state index contributed by atoms with van der Waals surface area (Å²) in [6, 6.07) is 1.68. The van der Waals surface area contributed by atoms with Crippen molar-refractivity contribution in [3.8, 4) is 0 Å². The molecule has 0 saturated heterocycles. The molecule has 0 amide bonds. The first-order valence-electron chi connectivity index (χ1n) is 5.29. The van der Waals surface area contributed by atoms with E-state index in [9.17, 15) is 0 Å². The fourth-order valence-electron chi connectivity index (χ4n) is 1.04. The van der Waals surface area contributed by atoms with Crippen LogP contribution in [0.5, 0.6) is 0 Å². The van der Waals surface area contributed by atoms with E-state index >= 15 is 0 Å². The number of rotatable bonds is 2. The van der Waals surface area contributed by atoms with Gasteiger partial charge in [-0.25, -0.2) is 11.7 Å². The summed E-state index contributed by atoms with van der Waals surface area (Å²) in [6.45, 7) is 1.79. The van der Waals surface area contributed by atoms with Crippen LogP contribution in [0.25, 0.3) is 0 Å². The third kappa shape index (κ3) is 10.2. The van der Waals surface area contributed by atoms with E-state index in [1.807, 2.05) is 0 Å². The van der Waals surface area contributed by atoms with E-state index < -0.39 is 10.4 Å². The van der Waals surface area contributed by atoms with Gasteiger partial charge >= 0.3 is 17.7 Å². The third-order valence-corrected chi connectivity index (χ3v) is 1.68. The first kappa shape index (κ1) is 19.4. The molecular formula is C7H16N10O4S. The van der Waals surface area contributed by atoms with Crippen LogP contribution in [0.2, 0.25) is 0 Å². The van der Waals surface area contributed by atoms with E-state index in [1.165, 1.54) is 0 Å². The fraction of sp³-hybridized carbons (Fsp3) is 0.143. The maximum Gasteiger partial charge on any atom is 0.493 e. The molecule has 1 rings (SSSR count). The van der Waals surface area contributed by atoms with Crippen molar-refractivity contribution in [3.05, 3.63) is 11.8 Å². The number of H-pyrrole nitrogens is 1. The maximum absolute atomic E-state index is 8.52. The Morgan fingerprint density at radius 1 is 1.36 bits per heavy atom. The number of nitrogens with zero attached hydrogens (tertiary/aromatic N) is 2. The van der Waals surface area contributed by atoms with E-state index in [2.05, 4.69) is 30.8 Å². The number of guanidine groups is 2. The van der Waals surface area contributed by atoms with Gasteiger partial charge in [0, 0.05) is 17.3 Å². The molecule has 0 unspecified atom stereocenters. The monoisotopic (exact) mass is 336 g/mol. The highest BCUT2D eigenvalue weighted by atomic mass is 32.3. The zero-order valence-corrected chi connectivity index (χ0v) is 12.1. The van der Waals surface area contributed by atoms with Gasteiger partial charge in [-0.1, -0.05) is 0 Å². The largest absolute Gasteiger partial charge is 0.759 e. The first-order chi connectivity index (χ1) is 10.0. The molecule has 0 saturated carbocycles. The summed E-state index contributed by atoms with van der Waals surface area (Å²) in [5.74, 6) is 11.2. The molecule has 0 aliphatic rings. The topological polar surface area (TPSA) is 262 Å². The second-order valence-corrected chi connectivity index (χ2v) is 4.31. The Kier molecular flexibility index (Phi) is 7.63. The molecule has 1 aromatic rings. The number of hydrogen-bond acceptors (Lipinski definition) is 8. The fourth-order valence-corrected chi connectivity index (χ4v) is 1.04. The average Bonchev–Trinajstić information content (AvgIpc) is 2.35. The molecule has 0 bridgehead atoms. The standard InChI is InChI=1S/C7H14N10.H2O4S/c1-3-2-4(13-5(8)16-10)14-7(12-3)15-6(9)17-11;1-5(2,3)4/h2H,10-11H2,1H3,(H6,8,9,12,13,14,15,16,17);(H2,1,2,3,4). The number of aromatic amines is 1. The lowest BCUT2D eigenvalue weighted by atomic mass is 10.4. The summed E-state index contributed by atoms with van der Waals surface area (Å²) in [5, 5.41) is 0. The second kappa shape index (κ2) is 8.64. The Morgan fingerprint density at radius 3 is 2.36 bits per heavy atom. The Labute approximate surface area is 125 Å². The van der Waals surface area contributed by atoms with Gasteiger partial charge in [0.05, 0.1) is 6.07 Å². The van der Waals surface area contributed by atoms with Crippen LogP contribution in [-0.2, 0) is 10.4 Å². The molecule has 0 aliphatic heterocycles. The van der Waals surface area contributed by atoms with E-state index in [0.29, 0.717) is 17.5 Å². The molecule has 0 radical (unpaired) electrons. The van der Waals surface area contributed by atoms with Crippen molar-refractivity contribution in [1.82, 2.24) is 15.8 Å². The van der Waals surface area contributed by atoms with Crippen molar-refractivity contribution in [2.75, 3.05) is 0 Å². The van der Waals surface area contributed by atoms with Crippen LogP contribution in [0.15, 0.2) is 11.1 Å². The maximum atomic E-state index is 8.52. The first-order valence-corrected chi connectivity index (χ1v) is 6.63. The highest BCUT2D eigenvalue weighted by Gasteiger charge is 2.15. The number of nitrogens with one attached hydrogen (secondary N) is 4. The van der Waals surface area contributed by atoms with Crippen molar-refractivity contribution in [3.63, 3.8) is 0 Å². The summed E-state index contributed by atoms with van der Waals surface area (Å²) in [5.41, 5.74) is 16.0. The molecule has 12 N–H and O–H groups in total. The second-order valence-electron chi connectivity index (χ2n) is 3.49. The minimum Gasteiger partial charge on any atom is -0.759 e. The molecule has 15 heteroatoms. The van der Waals surface area contributed by atoms with Crippen LogP contribution in [0.1, 0.15) is 5.69 Å². The Bertz CT molecular complexity index is 611. The summed E-state index contributed by atoms with van der Waals surface area (Å²) < 4.78 is 34.1. The molecule has 0 spiro atoms. The molecule has 22 heavy (non-hydrogen) atoms. The molecular weight excluding hydrogens is 320 g/mol. The van der Waals surface area contributed by atoms with Crippen molar-refractivity contribution >= 4 is 34.1 Å². The molecule has 1 aromatic heterocycles.